The van der Waals surface area contributed by atoms with Gasteiger partial charge in [0.15, 0.2) is 0 Å². The summed E-state index contributed by atoms with van der Waals surface area (Å²) in [5.41, 5.74) is 0. The molecule has 0 fully saturated rings. The SMILES string of the molecule is CCCCCCC=CCCON(C(=O)CCCCN(C)C)C(CCCCCCCCCC)CCCCCCC(=O)O. The van der Waals surface area contributed by atoms with Crippen LogP contribution in [0.1, 0.15) is 168 Å². The third-order valence-electron chi connectivity index (χ3n) is 7.80. The molecule has 0 heterocycles. The molecular formula is C35H68N2O4. The van der Waals surface area contributed by atoms with E-state index < -0.39 is 5.97 Å². The van der Waals surface area contributed by atoms with Crippen LogP contribution in [0, 0.1) is 0 Å². The first kappa shape index (κ1) is 39.6. The maximum Gasteiger partial charge on any atom is 0.303 e. The van der Waals surface area contributed by atoms with Crippen molar-refractivity contribution in [1.29, 1.82) is 0 Å². The summed E-state index contributed by atoms with van der Waals surface area (Å²) in [5.74, 6) is -0.588. The van der Waals surface area contributed by atoms with Crippen LogP contribution in [0.4, 0.5) is 0 Å². The minimum atomic E-state index is -0.716. The van der Waals surface area contributed by atoms with E-state index in [0.717, 1.165) is 77.2 Å². The van der Waals surface area contributed by atoms with Crippen molar-refractivity contribution < 1.29 is 19.5 Å². The van der Waals surface area contributed by atoms with Gasteiger partial charge in [-0.3, -0.25) is 14.4 Å². The number of carboxylic acid groups (broad SMARTS) is 1. The second-order valence-corrected chi connectivity index (χ2v) is 12.2. The van der Waals surface area contributed by atoms with E-state index in [4.69, 9.17) is 9.94 Å². The van der Waals surface area contributed by atoms with Crippen molar-refractivity contribution in [2.75, 3.05) is 27.2 Å². The predicted molar refractivity (Wildman–Crippen MR) is 174 cm³/mol. The van der Waals surface area contributed by atoms with E-state index in [9.17, 15) is 9.59 Å². The van der Waals surface area contributed by atoms with Crippen LogP contribution in [-0.4, -0.2) is 60.2 Å². The van der Waals surface area contributed by atoms with Crippen molar-refractivity contribution in [2.45, 2.75) is 174 Å². The van der Waals surface area contributed by atoms with Crippen LogP contribution in [0.25, 0.3) is 0 Å². The van der Waals surface area contributed by atoms with Gasteiger partial charge in [0.05, 0.1) is 12.6 Å². The van der Waals surface area contributed by atoms with Gasteiger partial charge in [-0.25, -0.2) is 5.06 Å². The number of carbonyl (C=O) groups excluding carboxylic acids is 1. The average molecular weight is 581 g/mol. The zero-order valence-corrected chi connectivity index (χ0v) is 27.7. The Labute approximate surface area is 254 Å². The monoisotopic (exact) mass is 581 g/mol. The van der Waals surface area contributed by atoms with Gasteiger partial charge < -0.3 is 10.0 Å². The molecular weight excluding hydrogens is 512 g/mol. The van der Waals surface area contributed by atoms with Crippen LogP contribution in [0.5, 0.6) is 0 Å². The Bertz CT molecular complexity index is 623. The van der Waals surface area contributed by atoms with Gasteiger partial charge in [0, 0.05) is 12.8 Å². The summed E-state index contributed by atoms with van der Waals surface area (Å²) in [5, 5.41) is 10.7. The Balaban J connectivity index is 5.03. The fourth-order valence-corrected chi connectivity index (χ4v) is 5.24. The molecule has 1 atom stereocenters. The molecule has 0 aromatic carbocycles. The van der Waals surface area contributed by atoms with Crippen LogP contribution < -0.4 is 0 Å². The number of hydroxylamine groups is 2. The molecule has 0 aliphatic heterocycles. The lowest BCUT2D eigenvalue weighted by atomic mass is 9.99. The molecule has 0 aromatic rings. The molecule has 1 unspecified atom stereocenters. The normalized spacial score (nSPS) is 12.4. The second-order valence-electron chi connectivity index (χ2n) is 12.2. The Hall–Kier alpha value is -1.40. The van der Waals surface area contributed by atoms with E-state index in [1.807, 2.05) is 0 Å². The first-order chi connectivity index (χ1) is 19.9. The van der Waals surface area contributed by atoms with E-state index in [2.05, 4.69) is 45.0 Å². The number of allylic oxidation sites excluding steroid dienone is 1. The van der Waals surface area contributed by atoms with Gasteiger partial charge in [-0.05, 0) is 72.0 Å². The molecule has 0 aliphatic rings. The summed E-state index contributed by atoms with van der Waals surface area (Å²) < 4.78 is 0. The number of carboxylic acids is 1. The number of amides is 1. The largest absolute Gasteiger partial charge is 0.481 e. The van der Waals surface area contributed by atoms with Crippen LogP contribution in [0.15, 0.2) is 12.2 Å². The topological polar surface area (TPSA) is 70.1 Å². The van der Waals surface area contributed by atoms with Crippen molar-refractivity contribution in [1.82, 2.24) is 9.96 Å². The van der Waals surface area contributed by atoms with Crippen LogP contribution in [0.3, 0.4) is 0 Å². The average Bonchev–Trinajstić information content (AvgIpc) is 2.94. The van der Waals surface area contributed by atoms with Gasteiger partial charge in [-0.15, -0.1) is 0 Å². The highest BCUT2D eigenvalue weighted by atomic mass is 16.7. The molecule has 242 valence electrons. The van der Waals surface area contributed by atoms with Crippen LogP contribution >= 0.6 is 0 Å². The molecule has 1 N–H and O–H groups in total. The molecule has 0 spiro atoms. The third-order valence-corrected chi connectivity index (χ3v) is 7.80. The lowest BCUT2D eigenvalue weighted by Crippen LogP contribution is -2.40. The first-order valence-corrected chi connectivity index (χ1v) is 17.4. The molecule has 0 radical (unpaired) electrons. The zero-order chi connectivity index (χ0) is 30.4. The van der Waals surface area contributed by atoms with Crippen molar-refractivity contribution in [3.05, 3.63) is 12.2 Å². The van der Waals surface area contributed by atoms with E-state index in [-0.39, 0.29) is 18.4 Å². The fraction of sp³-hybridized carbons (Fsp3) is 0.886. The van der Waals surface area contributed by atoms with Crippen LogP contribution in [0.2, 0.25) is 0 Å². The summed E-state index contributed by atoms with van der Waals surface area (Å²) in [6.45, 7) is 6.04. The van der Waals surface area contributed by atoms with Gasteiger partial charge in [0.1, 0.15) is 0 Å². The highest BCUT2D eigenvalue weighted by molar-refractivity contribution is 5.75. The summed E-state index contributed by atoms with van der Waals surface area (Å²) >= 11 is 0. The highest BCUT2D eigenvalue weighted by Crippen LogP contribution is 2.21. The predicted octanol–water partition coefficient (Wildman–Crippen LogP) is 9.72. The fourth-order valence-electron chi connectivity index (χ4n) is 5.24. The van der Waals surface area contributed by atoms with Crippen molar-refractivity contribution in [2.24, 2.45) is 0 Å². The van der Waals surface area contributed by atoms with Gasteiger partial charge in [0.25, 0.3) is 0 Å². The molecule has 0 saturated heterocycles. The molecule has 6 nitrogen and oxygen atoms in total. The standard InChI is InChI=1S/C35H68N2O4/c1-5-7-9-11-13-15-17-21-27-33(28-22-18-19-23-30-35(39)40)37(34(38)29-24-25-31-36(3)4)41-32-26-20-16-14-12-10-8-6-2/h16,20,33H,5-15,17-19,21-32H2,1-4H3,(H,39,40). The lowest BCUT2D eigenvalue weighted by Gasteiger charge is -2.31. The molecule has 0 aromatic heterocycles. The minimum Gasteiger partial charge on any atom is -0.481 e. The van der Waals surface area contributed by atoms with E-state index in [0.29, 0.717) is 13.0 Å². The number of hydrogen-bond acceptors (Lipinski definition) is 4. The Morgan fingerprint density at radius 1 is 0.659 bits per heavy atom. The maximum atomic E-state index is 13.4. The summed E-state index contributed by atoms with van der Waals surface area (Å²) in [7, 11) is 4.15. The molecule has 1 amide bonds. The Morgan fingerprint density at radius 3 is 1.76 bits per heavy atom. The van der Waals surface area contributed by atoms with E-state index >= 15 is 0 Å². The van der Waals surface area contributed by atoms with E-state index in [1.165, 1.54) is 70.6 Å². The minimum absolute atomic E-state index is 0.105. The number of unbranched alkanes of at least 4 members (excludes halogenated alkanes) is 15. The van der Waals surface area contributed by atoms with Crippen molar-refractivity contribution in [3.63, 3.8) is 0 Å². The summed E-state index contributed by atoms with van der Waals surface area (Å²) in [6, 6.07) is 0.105. The zero-order valence-electron chi connectivity index (χ0n) is 27.7. The van der Waals surface area contributed by atoms with Gasteiger partial charge >= 0.3 is 5.97 Å². The molecule has 41 heavy (non-hydrogen) atoms. The third kappa shape index (κ3) is 27.2. The number of nitrogens with zero attached hydrogens (tertiary/aromatic N) is 2. The van der Waals surface area contributed by atoms with Gasteiger partial charge in [0.2, 0.25) is 5.91 Å². The Morgan fingerprint density at radius 2 is 1.17 bits per heavy atom. The van der Waals surface area contributed by atoms with E-state index in [1.54, 1.807) is 5.06 Å². The molecule has 0 saturated carbocycles. The number of rotatable bonds is 31. The molecule has 0 aliphatic carbocycles. The Kier molecular flexibility index (Phi) is 29.0. The highest BCUT2D eigenvalue weighted by Gasteiger charge is 2.24. The van der Waals surface area contributed by atoms with Crippen LogP contribution in [-0.2, 0) is 14.4 Å². The van der Waals surface area contributed by atoms with Gasteiger partial charge in [-0.2, -0.15) is 0 Å². The maximum absolute atomic E-state index is 13.4. The quantitative estimate of drug-likeness (QED) is 0.0502. The smallest absolute Gasteiger partial charge is 0.303 e. The first-order valence-electron chi connectivity index (χ1n) is 17.4. The summed E-state index contributed by atoms with van der Waals surface area (Å²) in [6.07, 6.45) is 30.0. The number of hydrogen-bond donors (Lipinski definition) is 1. The van der Waals surface area contributed by atoms with Crippen molar-refractivity contribution >= 4 is 11.9 Å². The number of aliphatic carboxylic acids is 1. The molecule has 0 bridgehead atoms. The van der Waals surface area contributed by atoms with Crippen molar-refractivity contribution in [3.8, 4) is 0 Å². The lowest BCUT2D eigenvalue weighted by molar-refractivity contribution is -0.202. The molecule has 0 rings (SSSR count). The molecule has 6 heteroatoms. The number of carbonyl (C=O) groups is 2. The van der Waals surface area contributed by atoms with Gasteiger partial charge in [-0.1, -0.05) is 116 Å². The second kappa shape index (κ2) is 30.1. The summed E-state index contributed by atoms with van der Waals surface area (Å²) in [4.78, 5) is 32.7.